The Morgan fingerprint density at radius 1 is 1.04 bits per heavy atom. The molecule has 25 heavy (non-hydrogen) atoms. The molecule has 0 fully saturated rings. The monoisotopic (exact) mass is 395 g/mol. The molecule has 0 aliphatic carbocycles. The van der Waals surface area contributed by atoms with Gasteiger partial charge < -0.3 is 10.2 Å². The third-order valence-electron chi connectivity index (χ3n) is 3.81. The number of hydrogen-bond donors (Lipinski definition) is 1. The summed E-state index contributed by atoms with van der Waals surface area (Å²) < 4.78 is 0.836. The summed E-state index contributed by atoms with van der Waals surface area (Å²) in [6, 6.07) is 21.4. The maximum atomic E-state index is 12.3. The standard InChI is InChI=1S/C20H18BrN3O/c1-24(14-15-7-3-2-4-8-15)16-11-12-19(22-13-16)20(25)23-18-10-6-5-9-17(18)21/h2-13H,14H2,1H3,(H,23,25). The Balaban J connectivity index is 1.67. The molecule has 0 radical (unpaired) electrons. The van der Waals surface area contributed by atoms with Crippen LogP contribution in [0.15, 0.2) is 77.4 Å². The molecule has 5 heteroatoms. The molecule has 3 aromatic rings. The fraction of sp³-hybridized carbons (Fsp3) is 0.100. The molecule has 126 valence electrons. The molecule has 0 aliphatic heterocycles. The number of rotatable bonds is 5. The zero-order valence-corrected chi connectivity index (χ0v) is 15.4. The fourth-order valence-electron chi connectivity index (χ4n) is 2.44. The molecule has 1 amide bonds. The first-order valence-corrected chi connectivity index (χ1v) is 8.70. The van der Waals surface area contributed by atoms with E-state index in [4.69, 9.17) is 0 Å². The van der Waals surface area contributed by atoms with Crippen molar-refractivity contribution < 1.29 is 4.79 Å². The van der Waals surface area contributed by atoms with Gasteiger partial charge in [0.1, 0.15) is 5.69 Å². The molecule has 1 aromatic heterocycles. The van der Waals surface area contributed by atoms with E-state index in [1.807, 2.05) is 55.6 Å². The number of nitrogens with zero attached hydrogens (tertiary/aromatic N) is 2. The Morgan fingerprint density at radius 2 is 1.76 bits per heavy atom. The van der Waals surface area contributed by atoms with E-state index in [9.17, 15) is 4.79 Å². The molecule has 0 spiro atoms. The summed E-state index contributed by atoms with van der Waals surface area (Å²) in [5.41, 5.74) is 3.29. The van der Waals surface area contributed by atoms with Gasteiger partial charge in [-0.2, -0.15) is 0 Å². The van der Waals surface area contributed by atoms with Crippen LogP contribution in [0.3, 0.4) is 0 Å². The predicted octanol–water partition coefficient (Wildman–Crippen LogP) is 4.73. The minimum atomic E-state index is -0.232. The number of pyridine rings is 1. The summed E-state index contributed by atoms with van der Waals surface area (Å²) in [7, 11) is 2.00. The van der Waals surface area contributed by atoms with Crippen molar-refractivity contribution in [3.8, 4) is 0 Å². The summed E-state index contributed by atoms with van der Waals surface area (Å²) in [5.74, 6) is -0.232. The first-order valence-electron chi connectivity index (χ1n) is 7.90. The maximum absolute atomic E-state index is 12.3. The molecule has 4 nitrogen and oxygen atoms in total. The van der Waals surface area contributed by atoms with Gasteiger partial charge in [0, 0.05) is 18.1 Å². The number of benzene rings is 2. The summed E-state index contributed by atoms with van der Waals surface area (Å²) in [6.45, 7) is 0.783. The molecule has 0 saturated heterocycles. The van der Waals surface area contributed by atoms with Crippen LogP contribution in [-0.2, 0) is 6.54 Å². The second-order valence-electron chi connectivity index (χ2n) is 5.68. The van der Waals surface area contributed by atoms with Gasteiger partial charge in [0.25, 0.3) is 5.91 Å². The topological polar surface area (TPSA) is 45.2 Å². The SMILES string of the molecule is CN(Cc1ccccc1)c1ccc(C(=O)Nc2ccccc2Br)nc1. The average Bonchev–Trinajstić information content (AvgIpc) is 2.64. The van der Waals surface area contributed by atoms with Crippen molar-refractivity contribution >= 4 is 33.2 Å². The van der Waals surface area contributed by atoms with Gasteiger partial charge in [0.05, 0.1) is 17.6 Å². The summed E-state index contributed by atoms with van der Waals surface area (Å²) in [4.78, 5) is 18.7. The third kappa shape index (κ3) is 4.45. The Morgan fingerprint density at radius 3 is 2.44 bits per heavy atom. The van der Waals surface area contributed by atoms with Crippen molar-refractivity contribution in [2.75, 3.05) is 17.3 Å². The van der Waals surface area contributed by atoms with Gasteiger partial charge in [-0.15, -0.1) is 0 Å². The highest BCUT2D eigenvalue weighted by Gasteiger charge is 2.10. The van der Waals surface area contributed by atoms with Gasteiger partial charge in [-0.25, -0.2) is 4.98 Å². The number of amides is 1. The zero-order valence-electron chi connectivity index (χ0n) is 13.8. The molecule has 0 atom stereocenters. The number of para-hydroxylation sites is 1. The van der Waals surface area contributed by atoms with Crippen molar-refractivity contribution in [3.05, 3.63) is 88.7 Å². The number of halogens is 1. The molecular formula is C20H18BrN3O. The van der Waals surface area contributed by atoms with E-state index in [0.717, 1.165) is 22.4 Å². The highest BCUT2D eigenvalue weighted by molar-refractivity contribution is 9.10. The highest BCUT2D eigenvalue weighted by Crippen LogP contribution is 2.22. The predicted molar refractivity (Wildman–Crippen MR) is 105 cm³/mol. The first-order chi connectivity index (χ1) is 12.1. The molecular weight excluding hydrogens is 378 g/mol. The van der Waals surface area contributed by atoms with E-state index >= 15 is 0 Å². The molecule has 1 N–H and O–H groups in total. The van der Waals surface area contributed by atoms with Crippen LogP contribution in [0.1, 0.15) is 16.1 Å². The van der Waals surface area contributed by atoms with Crippen LogP contribution >= 0.6 is 15.9 Å². The van der Waals surface area contributed by atoms with Gasteiger partial charge in [-0.3, -0.25) is 4.79 Å². The lowest BCUT2D eigenvalue weighted by Gasteiger charge is -2.19. The summed E-state index contributed by atoms with van der Waals surface area (Å²) in [5, 5.41) is 2.85. The summed E-state index contributed by atoms with van der Waals surface area (Å²) >= 11 is 3.42. The molecule has 0 unspecified atom stereocenters. The van der Waals surface area contributed by atoms with Gasteiger partial charge in [-0.1, -0.05) is 42.5 Å². The second kappa shape index (κ2) is 7.94. The van der Waals surface area contributed by atoms with E-state index in [1.165, 1.54) is 5.56 Å². The van der Waals surface area contributed by atoms with Gasteiger partial charge in [0.15, 0.2) is 0 Å². The zero-order chi connectivity index (χ0) is 17.6. The average molecular weight is 396 g/mol. The lowest BCUT2D eigenvalue weighted by molar-refractivity contribution is 0.102. The second-order valence-corrected chi connectivity index (χ2v) is 6.53. The van der Waals surface area contributed by atoms with Crippen LogP contribution in [0, 0.1) is 0 Å². The fourth-order valence-corrected chi connectivity index (χ4v) is 2.83. The van der Waals surface area contributed by atoms with Crippen LogP contribution in [0.4, 0.5) is 11.4 Å². The Hall–Kier alpha value is -2.66. The van der Waals surface area contributed by atoms with Crippen molar-refractivity contribution in [2.45, 2.75) is 6.54 Å². The molecule has 2 aromatic carbocycles. The molecule has 3 rings (SSSR count). The lowest BCUT2D eigenvalue weighted by atomic mass is 10.2. The number of hydrogen-bond acceptors (Lipinski definition) is 3. The highest BCUT2D eigenvalue weighted by atomic mass is 79.9. The van der Waals surface area contributed by atoms with Crippen LogP contribution in [0.2, 0.25) is 0 Å². The van der Waals surface area contributed by atoms with Gasteiger partial charge in [-0.05, 0) is 45.8 Å². The normalized spacial score (nSPS) is 10.3. The van der Waals surface area contributed by atoms with E-state index < -0.39 is 0 Å². The van der Waals surface area contributed by atoms with E-state index in [2.05, 4.69) is 43.3 Å². The van der Waals surface area contributed by atoms with Crippen molar-refractivity contribution in [1.29, 1.82) is 0 Å². The number of carbonyl (C=O) groups is 1. The smallest absolute Gasteiger partial charge is 0.274 e. The van der Waals surface area contributed by atoms with Crippen LogP contribution in [0.25, 0.3) is 0 Å². The number of nitrogens with one attached hydrogen (secondary N) is 1. The minimum Gasteiger partial charge on any atom is -0.369 e. The van der Waals surface area contributed by atoms with Crippen LogP contribution in [-0.4, -0.2) is 17.9 Å². The quantitative estimate of drug-likeness (QED) is 0.678. The number of aromatic nitrogens is 1. The minimum absolute atomic E-state index is 0.232. The number of carbonyl (C=O) groups excluding carboxylic acids is 1. The third-order valence-corrected chi connectivity index (χ3v) is 4.50. The lowest BCUT2D eigenvalue weighted by Crippen LogP contribution is -2.18. The number of anilines is 2. The molecule has 0 aliphatic rings. The van der Waals surface area contributed by atoms with E-state index in [1.54, 1.807) is 12.3 Å². The van der Waals surface area contributed by atoms with Crippen LogP contribution in [0.5, 0.6) is 0 Å². The molecule has 1 heterocycles. The van der Waals surface area contributed by atoms with Crippen LogP contribution < -0.4 is 10.2 Å². The van der Waals surface area contributed by atoms with Crippen molar-refractivity contribution in [1.82, 2.24) is 4.98 Å². The van der Waals surface area contributed by atoms with Gasteiger partial charge in [0.2, 0.25) is 0 Å². The molecule has 0 saturated carbocycles. The maximum Gasteiger partial charge on any atom is 0.274 e. The first kappa shape index (κ1) is 17.2. The summed E-state index contributed by atoms with van der Waals surface area (Å²) in [6.07, 6.45) is 1.72. The Bertz CT molecular complexity index is 850. The molecule has 0 bridgehead atoms. The van der Waals surface area contributed by atoms with Crippen molar-refractivity contribution in [3.63, 3.8) is 0 Å². The Kier molecular flexibility index (Phi) is 5.46. The largest absolute Gasteiger partial charge is 0.369 e. The Labute approximate surface area is 155 Å². The van der Waals surface area contributed by atoms with Crippen molar-refractivity contribution in [2.24, 2.45) is 0 Å². The van der Waals surface area contributed by atoms with E-state index in [0.29, 0.717) is 5.69 Å². The van der Waals surface area contributed by atoms with Gasteiger partial charge >= 0.3 is 0 Å². The van der Waals surface area contributed by atoms with E-state index in [-0.39, 0.29) is 5.91 Å².